The summed E-state index contributed by atoms with van der Waals surface area (Å²) in [5.74, 6) is 0.862. The van der Waals surface area contributed by atoms with Crippen molar-refractivity contribution in [2.24, 2.45) is 5.92 Å². The van der Waals surface area contributed by atoms with Gasteiger partial charge in [0.15, 0.2) is 0 Å². The average molecular weight is 200 g/mol. The second kappa shape index (κ2) is 6.38. The summed E-state index contributed by atoms with van der Waals surface area (Å²) >= 11 is 0. The van der Waals surface area contributed by atoms with Gasteiger partial charge in [0.2, 0.25) is 0 Å². The van der Waals surface area contributed by atoms with Crippen LogP contribution in [0.4, 0.5) is 0 Å². The molecule has 2 atom stereocenters. The largest absolute Gasteiger partial charge is 0.390 e. The zero-order valence-corrected chi connectivity index (χ0v) is 9.50. The van der Waals surface area contributed by atoms with Crippen LogP contribution in [0.1, 0.15) is 26.2 Å². The summed E-state index contributed by atoms with van der Waals surface area (Å²) in [6.45, 7) is 6.17. The molecule has 0 aromatic heterocycles. The number of nitrogens with one attached hydrogen (secondary N) is 1. The van der Waals surface area contributed by atoms with Gasteiger partial charge in [-0.3, -0.25) is 0 Å². The number of aliphatic hydroxyl groups excluding tert-OH is 1. The van der Waals surface area contributed by atoms with Gasteiger partial charge >= 0.3 is 0 Å². The molecule has 0 aromatic rings. The molecule has 0 radical (unpaired) electrons. The van der Waals surface area contributed by atoms with Gasteiger partial charge in [0.25, 0.3) is 0 Å². The Balaban J connectivity index is 2.22. The highest BCUT2D eigenvalue weighted by Gasteiger charge is 2.15. The lowest BCUT2D eigenvalue weighted by atomic mass is 10.0. The number of likely N-dealkylation sites (tertiary alicyclic amines) is 1. The summed E-state index contributed by atoms with van der Waals surface area (Å²) in [5, 5.41) is 12.7. The summed E-state index contributed by atoms with van der Waals surface area (Å²) < 4.78 is 0. The summed E-state index contributed by atoms with van der Waals surface area (Å²) in [6, 6.07) is 0. The molecule has 84 valence electrons. The maximum absolute atomic E-state index is 9.65. The minimum absolute atomic E-state index is 0.214. The van der Waals surface area contributed by atoms with E-state index in [1.807, 2.05) is 7.05 Å². The number of β-amino-alcohol motifs (C(OH)–C–C–N with tert-alkyl or cyclic N) is 1. The van der Waals surface area contributed by atoms with Crippen LogP contribution in [-0.4, -0.2) is 49.3 Å². The van der Waals surface area contributed by atoms with Crippen LogP contribution in [0.3, 0.4) is 0 Å². The van der Waals surface area contributed by atoms with Crippen molar-refractivity contribution >= 4 is 0 Å². The maximum Gasteiger partial charge on any atom is 0.0791 e. The van der Waals surface area contributed by atoms with Crippen molar-refractivity contribution in [1.29, 1.82) is 0 Å². The van der Waals surface area contributed by atoms with E-state index in [1.165, 1.54) is 19.3 Å². The first-order valence-corrected chi connectivity index (χ1v) is 5.77. The molecule has 0 saturated carbocycles. The molecule has 14 heavy (non-hydrogen) atoms. The molecule has 1 heterocycles. The third-order valence-corrected chi connectivity index (χ3v) is 3.02. The zero-order valence-electron chi connectivity index (χ0n) is 9.50. The fraction of sp³-hybridized carbons (Fsp3) is 1.00. The van der Waals surface area contributed by atoms with Gasteiger partial charge in [-0.25, -0.2) is 0 Å². The van der Waals surface area contributed by atoms with Crippen LogP contribution in [0.2, 0.25) is 0 Å². The Bertz CT molecular complexity index is 152. The predicted molar refractivity (Wildman–Crippen MR) is 59.4 cm³/mol. The van der Waals surface area contributed by atoms with E-state index in [-0.39, 0.29) is 6.10 Å². The number of aliphatic hydroxyl groups is 1. The molecule has 0 spiro atoms. The van der Waals surface area contributed by atoms with E-state index in [0.717, 1.165) is 25.6 Å². The van der Waals surface area contributed by atoms with Crippen LogP contribution in [0, 0.1) is 5.92 Å². The van der Waals surface area contributed by atoms with E-state index >= 15 is 0 Å². The maximum atomic E-state index is 9.65. The Morgan fingerprint density at radius 3 is 2.93 bits per heavy atom. The van der Waals surface area contributed by atoms with Gasteiger partial charge in [0.05, 0.1) is 6.10 Å². The van der Waals surface area contributed by atoms with Gasteiger partial charge in [-0.1, -0.05) is 6.92 Å². The normalized spacial score (nSPS) is 27.2. The number of nitrogens with zero attached hydrogens (tertiary/aromatic N) is 1. The minimum Gasteiger partial charge on any atom is -0.390 e. The number of likely N-dealkylation sites (N-methyl/N-ethyl adjacent to an activating group) is 1. The molecule has 0 aliphatic carbocycles. The van der Waals surface area contributed by atoms with E-state index in [0.29, 0.717) is 6.54 Å². The fourth-order valence-electron chi connectivity index (χ4n) is 2.10. The topological polar surface area (TPSA) is 35.5 Å². The highest BCUT2D eigenvalue weighted by molar-refractivity contribution is 4.71. The van der Waals surface area contributed by atoms with Crippen molar-refractivity contribution in [1.82, 2.24) is 10.2 Å². The Labute approximate surface area is 87.5 Å². The van der Waals surface area contributed by atoms with Gasteiger partial charge in [-0.2, -0.15) is 0 Å². The van der Waals surface area contributed by atoms with Crippen LogP contribution >= 0.6 is 0 Å². The molecule has 1 rings (SSSR count). The second-order valence-corrected chi connectivity index (χ2v) is 4.55. The summed E-state index contributed by atoms with van der Waals surface area (Å²) in [7, 11) is 1.88. The highest BCUT2D eigenvalue weighted by atomic mass is 16.3. The Hall–Kier alpha value is -0.120. The second-order valence-electron chi connectivity index (χ2n) is 4.55. The fourth-order valence-corrected chi connectivity index (χ4v) is 2.10. The minimum atomic E-state index is -0.214. The molecule has 0 amide bonds. The van der Waals surface area contributed by atoms with E-state index < -0.39 is 0 Å². The molecule has 3 nitrogen and oxygen atoms in total. The highest BCUT2D eigenvalue weighted by Crippen LogP contribution is 2.16. The smallest absolute Gasteiger partial charge is 0.0791 e. The summed E-state index contributed by atoms with van der Waals surface area (Å²) in [4.78, 5) is 2.39. The van der Waals surface area contributed by atoms with Crippen molar-refractivity contribution in [2.45, 2.75) is 32.3 Å². The van der Waals surface area contributed by atoms with E-state index in [1.54, 1.807) is 0 Å². The Morgan fingerprint density at radius 2 is 2.21 bits per heavy atom. The molecule has 1 saturated heterocycles. The van der Waals surface area contributed by atoms with Crippen molar-refractivity contribution in [3.63, 3.8) is 0 Å². The van der Waals surface area contributed by atoms with Gasteiger partial charge < -0.3 is 15.3 Å². The lowest BCUT2D eigenvalue weighted by Gasteiger charge is -2.23. The summed E-state index contributed by atoms with van der Waals surface area (Å²) in [5.41, 5.74) is 0. The first-order valence-electron chi connectivity index (χ1n) is 5.77. The Kier molecular flexibility index (Phi) is 5.45. The lowest BCUT2D eigenvalue weighted by Crippen LogP contribution is -2.38. The average Bonchev–Trinajstić information content (AvgIpc) is 2.32. The molecule has 2 unspecified atom stereocenters. The quantitative estimate of drug-likeness (QED) is 0.701. The van der Waals surface area contributed by atoms with Crippen molar-refractivity contribution in [3.05, 3.63) is 0 Å². The van der Waals surface area contributed by atoms with Gasteiger partial charge in [-0.15, -0.1) is 0 Å². The van der Waals surface area contributed by atoms with Crippen LogP contribution in [-0.2, 0) is 0 Å². The predicted octanol–water partition coefficient (Wildman–Crippen LogP) is 0.689. The standard InChI is InChI=1S/C11H24N2O/c1-10-4-3-6-13(7-5-10)9-11(14)8-12-2/h10-12,14H,3-9H2,1-2H3. The van der Waals surface area contributed by atoms with Crippen LogP contribution in [0.15, 0.2) is 0 Å². The number of hydrogen-bond acceptors (Lipinski definition) is 3. The van der Waals surface area contributed by atoms with Crippen molar-refractivity contribution < 1.29 is 5.11 Å². The lowest BCUT2D eigenvalue weighted by molar-refractivity contribution is 0.114. The number of hydrogen-bond donors (Lipinski definition) is 2. The first kappa shape index (κ1) is 12.0. The van der Waals surface area contributed by atoms with E-state index in [4.69, 9.17) is 0 Å². The molecule has 2 N–H and O–H groups in total. The molecule has 3 heteroatoms. The third kappa shape index (κ3) is 4.40. The molecule has 1 aliphatic heterocycles. The van der Waals surface area contributed by atoms with Gasteiger partial charge in [-0.05, 0) is 45.3 Å². The zero-order chi connectivity index (χ0) is 10.4. The van der Waals surface area contributed by atoms with Gasteiger partial charge in [0.1, 0.15) is 0 Å². The van der Waals surface area contributed by atoms with Crippen molar-refractivity contribution in [3.8, 4) is 0 Å². The molecule has 1 fully saturated rings. The van der Waals surface area contributed by atoms with Crippen LogP contribution in [0.25, 0.3) is 0 Å². The number of rotatable bonds is 4. The third-order valence-electron chi connectivity index (χ3n) is 3.02. The summed E-state index contributed by atoms with van der Waals surface area (Å²) in [6.07, 6.45) is 3.70. The van der Waals surface area contributed by atoms with Crippen LogP contribution < -0.4 is 5.32 Å². The van der Waals surface area contributed by atoms with Gasteiger partial charge in [0, 0.05) is 13.1 Å². The van der Waals surface area contributed by atoms with Crippen molar-refractivity contribution in [2.75, 3.05) is 33.2 Å². The van der Waals surface area contributed by atoms with E-state index in [2.05, 4.69) is 17.1 Å². The molecular formula is C11H24N2O. The SMILES string of the molecule is CNCC(O)CN1CCCC(C)CC1. The molecule has 0 bridgehead atoms. The molecule has 1 aliphatic rings. The molecular weight excluding hydrogens is 176 g/mol. The monoisotopic (exact) mass is 200 g/mol. The van der Waals surface area contributed by atoms with Crippen LogP contribution in [0.5, 0.6) is 0 Å². The van der Waals surface area contributed by atoms with E-state index in [9.17, 15) is 5.11 Å². The molecule has 0 aromatic carbocycles. The first-order chi connectivity index (χ1) is 6.72. The Morgan fingerprint density at radius 1 is 1.43 bits per heavy atom.